The van der Waals surface area contributed by atoms with Gasteiger partial charge in [0.15, 0.2) is 0 Å². The Bertz CT molecular complexity index is 149. The van der Waals surface area contributed by atoms with E-state index in [0.717, 1.165) is 12.7 Å². The summed E-state index contributed by atoms with van der Waals surface area (Å²) in [6, 6.07) is 0. The van der Waals surface area contributed by atoms with Crippen LogP contribution in [0.2, 0.25) is 0 Å². The van der Waals surface area contributed by atoms with Gasteiger partial charge >= 0.3 is 0 Å². The lowest BCUT2D eigenvalue weighted by Crippen LogP contribution is -2.35. The van der Waals surface area contributed by atoms with Crippen molar-refractivity contribution in [3.63, 3.8) is 0 Å². The second-order valence-electron chi connectivity index (χ2n) is 4.40. The molecule has 0 aromatic heterocycles. The highest BCUT2D eigenvalue weighted by Gasteiger charge is 2.37. The zero-order chi connectivity index (χ0) is 8.48. The molecule has 1 fully saturated rings. The monoisotopic (exact) mass is 154 g/mol. The zero-order valence-corrected chi connectivity index (χ0v) is 7.76. The average molecular weight is 154 g/mol. The molecule has 0 aromatic carbocycles. The highest BCUT2D eigenvalue weighted by molar-refractivity contribution is 5.55. The first-order chi connectivity index (χ1) is 5.09. The van der Waals surface area contributed by atoms with E-state index in [-0.39, 0.29) is 5.41 Å². The van der Waals surface area contributed by atoms with E-state index in [4.69, 9.17) is 0 Å². The number of carbonyl (C=O) groups excluding carboxylic acids is 1. The Hall–Kier alpha value is -0.330. The number of rotatable bonds is 1. The lowest BCUT2D eigenvalue weighted by molar-refractivity contribution is -0.117. The fraction of sp³-hybridized carbons (Fsp3) is 0.900. The highest BCUT2D eigenvalue weighted by Crippen LogP contribution is 2.43. The van der Waals surface area contributed by atoms with Crippen LogP contribution >= 0.6 is 0 Å². The molecule has 0 aromatic rings. The number of aldehydes is 1. The smallest absolute Gasteiger partial charge is 0.123 e. The van der Waals surface area contributed by atoms with Gasteiger partial charge < -0.3 is 4.79 Å². The molecule has 0 spiro atoms. The van der Waals surface area contributed by atoms with Gasteiger partial charge in [0.2, 0.25) is 0 Å². The van der Waals surface area contributed by atoms with E-state index in [1.807, 2.05) is 0 Å². The molecule has 0 bridgehead atoms. The predicted molar refractivity (Wildman–Crippen MR) is 46.4 cm³/mol. The fourth-order valence-electron chi connectivity index (χ4n) is 2.00. The maximum Gasteiger partial charge on any atom is 0.123 e. The van der Waals surface area contributed by atoms with Crippen molar-refractivity contribution in [2.75, 3.05) is 0 Å². The summed E-state index contributed by atoms with van der Waals surface area (Å²) in [5, 5.41) is 0. The molecule has 2 atom stereocenters. The topological polar surface area (TPSA) is 17.1 Å². The van der Waals surface area contributed by atoms with Gasteiger partial charge in [0.25, 0.3) is 0 Å². The third kappa shape index (κ3) is 1.47. The summed E-state index contributed by atoms with van der Waals surface area (Å²) in [5.41, 5.74) is 0.236. The van der Waals surface area contributed by atoms with E-state index in [0.29, 0.717) is 11.8 Å². The Labute approximate surface area is 69.2 Å². The highest BCUT2D eigenvalue weighted by atomic mass is 16.1. The summed E-state index contributed by atoms with van der Waals surface area (Å²) in [5.74, 6) is 0.998. The molecule has 0 amide bonds. The van der Waals surface area contributed by atoms with Gasteiger partial charge in [-0.1, -0.05) is 33.6 Å². The normalized spacial score (nSPS) is 36.6. The average Bonchev–Trinajstić information content (AvgIpc) is 1.95. The van der Waals surface area contributed by atoms with Crippen LogP contribution in [-0.2, 0) is 4.79 Å². The fourth-order valence-corrected chi connectivity index (χ4v) is 2.00. The van der Waals surface area contributed by atoms with Crippen molar-refractivity contribution in [2.24, 2.45) is 17.3 Å². The molecule has 1 aliphatic carbocycles. The van der Waals surface area contributed by atoms with Gasteiger partial charge in [-0.15, -0.1) is 0 Å². The van der Waals surface area contributed by atoms with E-state index < -0.39 is 0 Å². The molecule has 64 valence electrons. The van der Waals surface area contributed by atoms with Crippen LogP contribution in [-0.4, -0.2) is 6.29 Å². The molecule has 1 nitrogen and oxygen atoms in total. The minimum atomic E-state index is 0.236. The zero-order valence-electron chi connectivity index (χ0n) is 7.76. The summed E-state index contributed by atoms with van der Waals surface area (Å²) in [7, 11) is 0. The Balaban J connectivity index is 2.72. The standard InChI is InChI=1S/C10H18O/c1-8-5-4-6-9(7-11)10(8,2)3/h7-9H,4-6H2,1-3H3. The van der Waals surface area contributed by atoms with Crippen LogP contribution in [0.15, 0.2) is 0 Å². The first-order valence-corrected chi connectivity index (χ1v) is 4.54. The first kappa shape index (κ1) is 8.76. The largest absolute Gasteiger partial charge is 0.303 e. The second kappa shape index (κ2) is 2.96. The minimum Gasteiger partial charge on any atom is -0.303 e. The lowest BCUT2D eigenvalue weighted by Gasteiger charge is -2.41. The van der Waals surface area contributed by atoms with E-state index >= 15 is 0 Å². The SMILES string of the molecule is CC1CCCC(C=O)C1(C)C. The molecular weight excluding hydrogens is 136 g/mol. The first-order valence-electron chi connectivity index (χ1n) is 4.54. The molecule has 2 unspecified atom stereocenters. The number of carbonyl (C=O) groups is 1. The maximum atomic E-state index is 10.7. The molecular formula is C10H18O. The predicted octanol–water partition coefficient (Wildman–Crippen LogP) is 2.65. The van der Waals surface area contributed by atoms with E-state index in [9.17, 15) is 4.79 Å². The summed E-state index contributed by atoms with van der Waals surface area (Å²) in [4.78, 5) is 10.7. The van der Waals surface area contributed by atoms with Crippen LogP contribution in [0.5, 0.6) is 0 Å². The third-order valence-electron chi connectivity index (χ3n) is 3.54. The van der Waals surface area contributed by atoms with Crippen LogP contribution in [0.4, 0.5) is 0 Å². The molecule has 1 rings (SSSR count). The lowest BCUT2D eigenvalue weighted by atomic mass is 9.63. The summed E-state index contributed by atoms with van der Waals surface area (Å²) >= 11 is 0. The van der Waals surface area contributed by atoms with Crippen LogP contribution < -0.4 is 0 Å². The van der Waals surface area contributed by atoms with E-state index in [1.54, 1.807) is 0 Å². The molecule has 0 N–H and O–H groups in total. The Kier molecular flexibility index (Phi) is 2.36. The van der Waals surface area contributed by atoms with Crippen molar-refractivity contribution in [1.29, 1.82) is 0 Å². The van der Waals surface area contributed by atoms with Gasteiger partial charge in [0, 0.05) is 5.92 Å². The van der Waals surface area contributed by atoms with Crippen LogP contribution in [0.25, 0.3) is 0 Å². The van der Waals surface area contributed by atoms with Gasteiger partial charge in [-0.3, -0.25) is 0 Å². The molecule has 0 aliphatic heterocycles. The van der Waals surface area contributed by atoms with Gasteiger partial charge in [0.1, 0.15) is 6.29 Å². The third-order valence-corrected chi connectivity index (χ3v) is 3.54. The molecule has 1 heteroatoms. The summed E-state index contributed by atoms with van der Waals surface area (Å²) < 4.78 is 0. The van der Waals surface area contributed by atoms with Gasteiger partial charge in [-0.25, -0.2) is 0 Å². The molecule has 0 heterocycles. The summed E-state index contributed by atoms with van der Waals surface area (Å²) in [6.07, 6.45) is 4.77. The number of hydrogen-bond donors (Lipinski definition) is 0. The van der Waals surface area contributed by atoms with Crippen LogP contribution in [0.3, 0.4) is 0 Å². The number of hydrogen-bond acceptors (Lipinski definition) is 1. The van der Waals surface area contributed by atoms with Crippen molar-refractivity contribution < 1.29 is 4.79 Å². The van der Waals surface area contributed by atoms with Crippen molar-refractivity contribution in [1.82, 2.24) is 0 Å². The molecule has 1 saturated carbocycles. The van der Waals surface area contributed by atoms with Crippen molar-refractivity contribution in [2.45, 2.75) is 40.0 Å². The Morgan fingerprint density at radius 2 is 2.00 bits per heavy atom. The van der Waals surface area contributed by atoms with Gasteiger partial charge in [-0.2, -0.15) is 0 Å². The van der Waals surface area contributed by atoms with Crippen molar-refractivity contribution in [3.8, 4) is 0 Å². The quantitative estimate of drug-likeness (QED) is 0.531. The molecule has 0 radical (unpaired) electrons. The van der Waals surface area contributed by atoms with Crippen molar-refractivity contribution >= 4 is 6.29 Å². The van der Waals surface area contributed by atoms with Gasteiger partial charge in [-0.05, 0) is 17.8 Å². The van der Waals surface area contributed by atoms with Crippen LogP contribution in [0, 0.1) is 17.3 Å². The van der Waals surface area contributed by atoms with E-state index in [2.05, 4.69) is 20.8 Å². The second-order valence-corrected chi connectivity index (χ2v) is 4.40. The van der Waals surface area contributed by atoms with Crippen molar-refractivity contribution in [3.05, 3.63) is 0 Å². The molecule has 0 saturated heterocycles. The Morgan fingerprint density at radius 1 is 1.36 bits per heavy atom. The molecule has 11 heavy (non-hydrogen) atoms. The minimum absolute atomic E-state index is 0.236. The molecule has 1 aliphatic rings. The maximum absolute atomic E-state index is 10.7. The Morgan fingerprint density at radius 3 is 2.45 bits per heavy atom. The van der Waals surface area contributed by atoms with Crippen LogP contribution in [0.1, 0.15) is 40.0 Å². The van der Waals surface area contributed by atoms with Gasteiger partial charge in [0.05, 0.1) is 0 Å². The van der Waals surface area contributed by atoms with E-state index in [1.165, 1.54) is 12.8 Å². The summed E-state index contributed by atoms with van der Waals surface area (Å²) in [6.45, 7) is 6.70.